The molecule has 2 atom stereocenters. The molecule has 1 aliphatic heterocycles. The number of fused-ring (bicyclic) bond motifs is 1. The minimum absolute atomic E-state index is 0.453. The highest BCUT2D eigenvalue weighted by Crippen LogP contribution is 2.30. The first kappa shape index (κ1) is 14.0. The van der Waals surface area contributed by atoms with E-state index in [-0.39, 0.29) is 0 Å². The van der Waals surface area contributed by atoms with Crippen molar-refractivity contribution in [2.24, 2.45) is 5.92 Å². The molecular formula is C15H17BrN2OS. The van der Waals surface area contributed by atoms with Crippen LogP contribution in [0.4, 0.5) is 5.69 Å². The first-order valence-corrected chi connectivity index (χ1v) is 9.06. The van der Waals surface area contributed by atoms with Crippen molar-refractivity contribution in [1.82, 2.24) is 4.98 Å². The third kappa shape index (κ3) is 2.74. The fourth-order valence-corrected chi connectivity index (χ4v) is 4.55. The third-order valence-corrected chi connectivity index (χ3v) is 5.85. The molecule has 2 heterocycles. The van der Waals surface area contributed by atoms with Crippen LogP contribution in [0.2, 0.25) is 0 Å². The number of anilines is 1. The normalized spacial score (nSPS) is 23.8. The molecular weight excluding hydrogens is 336 g/mol. The number of benzene rings is 1. The van der Waals surface area contributed by atoms with E-state index < -0.39 is 10.8 Å². The third-order valence-electron chi connectivity index (χ3n) is 3.63. The van der Waals surface area contributed by atoms with Crippen molar-refractivity contribution < 1.29 is 4.21 Å². The largest absolute Gasteiger partial charge is 0.370 e. The van der Waals surface area contributed by atoms with Gasteiger partial charge in [0.2, 0.25) is 0 Å². The second-order valence-corrected chi connectivity index (χ2v) is 7.80. The highest BCUT2D eigenvalue weighted by Gasteiger charge is 2.20. The molecule has 2 unspecified atom stereocenters. The Kier molecular flexibility index (Phi) is 4.08. The van der Waals surface area contributed by atoms with Gasteiger partial charge in [0.1, 0.15) is 0 Å². The Morgan fingerprint density at radius 3 is 3.10 bits per heavy atom. The Labute approximate surface area is 130 Å². The predicted octanol–water partition coefficient (Wildman–Crippen LogP) is 3.20. The van der Waals surface area contributed by atoms with E-state index in [9.17, 15) is 4.21 Å². The maximum atomic E-state index is 11.9. The van der Waals surface area contributed by atoms with Gasteiger partial charge in [0.15, 0.2) is 0 Å². The van der Waals surface area contributed by atoms with Crippen molar-refractivity contribution in [2.75, 3.05) is 29.5 Å². The van der Waals surface area contributed by atoms with Crippen LogP contribution in [0.15, 0.2) is 34.9 Å². The molecule has 1 aromatic carbocycles. The zero-order valence-corrected chi connectivity index (χ0v) is 13.8. The van der Waals surface area contributed by atoms with Gasteiger partial charge in [-0.15, -0.1) is 0 Å². The van der Waals surface area contributed by atoms with E-state index in [0.717, 1.165) is 40.0 Å². The van der Waals surface area contributed by atoms with Crippen LogP contribution >= 0.6 is 15.9 Å². The quantitative estimate of drug-likeness (QED) is 0.789. The lowest BCUT2D eigenvalue weighted by atomic mass is 10.1. The summed E-state index contributed by atoms with van der Waals surface area (Å²) >= 11 is 3.56. The lowest BCUT2D eigenvalue weighted by molar-refractivity contribution is 0.631. The number of rotatable bonds is 1. The molecule has 20 heavy (non-hydrogen) atoms. The molecule has 3 nitrogen and oxygen atoms in total. The Morgan fingerprint density at radius 2 is 2.25 bits per heavy atom. The standard InChI is InChI=1S/C15H17BrN2OS/c1-11-9-18(7-8-20(19)10-11)14-5-6-17-15-12(14)3-2-4-13(15)16/h2-6,11H,7-10H2,1H3. The molecule has 0 spiro atoms. The molecule has 106 valence electrons. The summed E-state index contributed by atoms with van der Waals surface area (Å²) in [5.41, 5.74) is 2.19. The molecule has 3 rings (SSSR count). The van der Waals surface area contributed by atoms with Gasteiger partial charge in [0.05, 0.1) is 5.52 Å². The zero-order chi connectivity index (χ0) is 14.1. The number of halogens is 1. The smallest absolute Gasteiger partial charge is 0.0864 e. The molecule has 0 bridgehead atoms. The predicted molar refractivity (Wildman–Crippen MR) is 88.7 cm³/mol. The topological polar surface area (TPSA) is 33.2 Å². The van der Waals surface area contributed by atoms with E-state index in [1.165, 1.54) is 5.69 Å². The van der Waals surface area contributed by atoms with Gasteiger partial charge in [-0.1, -0.05) is 19.1 Å². The summed E-state index contributed by atoms with van der Waals surface area (Å²) < 4.78 is 12.9. The van der Waals surface area contributed by atoms with E-state index in [1.54, 1.807) is 0 Å². The fraction of sp³-hybridized carbons (Fsp3) is 0.400. The molecule has 0 aliphatic carbocycles. The molecule has 1 aromatic heterocycles. The van der Waals surface area contributed by atoms with Gasteiger partial charge in [-0.05, 0) is 34.0 Å². The van der Waals surface area contributed by atoms with Crippen LogP contribution in [0.25, 0.3) is 10.9 Å². The molecule has 0 amide bonds. The summed E-state index contributed by atoms with van der Waals surface area (Å²) in [5.74, 6) is 2.01. The van der Waals surface area contributed by atoms with Gasteiger partial charge < -0.3 is 4.90 Å². The molecule has 2 aromatic rings. The molecule has 1 aliphatic rings. The van der Waals surface area contributed by atoms with Crippen LogP contribution in [0, 0.1) is 5.92 Å². The summed E-state index contributed by atoms with van der Waals surface area (Å²) in [7, 11) is -0.687. The number of pyridine rings is 1. The lowest BCUT2D eigenvalue weighted by Crippen LogP contribution is -2.29. The number of aromatic nitrogens is 1. The Bertz CT molecular complexity index is 661. The summed E-state index contributed by atoms with van der Waals surface area (Å²) in [4.78, 5) is 6.81. The maximum Gasteiger partial charge on any atom is 0.0864 e. The summed E-state index contributed by atoms with van der Waals surface area (Å²) in [5, 5.41) is 1.15. The maximum absolute atomic E-state index is 11.9. The van der Waals surface area contributed by atoms with E-state index in [2.05, 4.69) is 44.9 Å². The van der Waals surface area contributed by atoms with Gasteiger partial charge in [-0.25, -0.2) is 0 Å². The first-order valence-electron chi connectivity index (χ1n) is 6.78. The molecule has 5 heteroatoms. The second kappa shape index (κ2) is 5.82. The van der Waals surface area contributed by atoms with E-state index in [4.69, 9.17) is 0 Å². The Balaban J connectivity index is 2.05. The van der Waals surface area contributed by atoms with Gasteiger partial charge in [0, 0.05) is 57.1 Å². The Hall–Kier alpha value is -0.940. The number of nitrogens with zero attached hydrogens (tertiary/aromatic N) is 2. The van der Waals surface area contributed by atoms with Crippen molar-refractivity contribution in [3.8, 4) is 0 Å². The second-order valence-electron chi connectivity index (χ2n) is 5.33. The van der Waals surface area contributed by atoms with Crippen LogP contribution in [0.1, 0.15) is 6.92 Å². The summed E-state index contributed by atoms with van der Waals surface area (Å²) in [6.45, 7) is 3.98. The van der Waals surface area contributed by atoms with Crippen molar-refractivity contribution in [1.29, 1.82) is 0 Å². The SMILES string of the molecule is CC1CN(c2ccnc3c(Br)cccc23)CCS(=O)C1. The van der Waals surface area contributed by atoms with Crippen molar-refractivity contribution in [3.05, 3.63) is 34.9 Å². The average molecular weight is 353 g/mol. The number of hydrogen-bond acceptors (Lipinski definition) is 3. The van der Waals surface area contributed by atoms with Crippen LogP contribution in [0.5, 0.6) is 0 Å². The number of hydrogen-bond donors (Lipinski definition) is 0. The Morgan fingerprint density at radius 1 is 1.40 bits per heavy atom. The van der Waals surface area contributed by atoms with Crippen LogP contribution in [0.3, 0.4) is 0 Å². The number of para-hydroxylation sites is 1. The molecule has 0 N–H and O–H groups in total. The monoisotopic (exact) mass is 352 g/mol. The molecule has 1 saturated heterocycles. The fourth-order valence-electron chi connectivity index (χ4n) is 2.75. The van der Waals surface area contributed by atoms with Crippen molar-refractivity contribution in [2.45, 2.75) is 6.92 Å². The van der Waals surface area contributed by atoms with Crippen LogP contribution in [-0.4, -0.2) is 33.8 Å². The average Bonchev–Trinajstić information content (AvgIpc) is 2.59. The van der Waals surface area contributed by atoms with Crippen molar-refractivity contribution in [3.63, 3.8) is 0 Å². The van der Waals surface area contributed by atoms with E-state index >= 15 is 0 Å². The van der Waals surface area contributed by atoms with Crippen LogP contribution < -0.4 is 4.90 Å². The first-order chi connectivity index (χ1) is 9.65. The van der Waals surface area contributed by atoms with Crippen molar-refractivity contribution >= 4 is 43.3 Å². The van der Waals surface area contributed by atoms with E-state index in [1.807, 2.05) is 18.3 Å². The molecule has 0 radical (unpaired) electrons. The lowest BCUT2D eigenvalue weighted by Gasteiger charge is -2.25. The van der Waals surface area contributed by atoms with E-state index in [0.29, 0.717) is 5.92 Å². The zero-order valence-electron chi connectivity index (χ0n) is 11.4. The highest BCUT2D eigenvalue weighted by atomic mass is 79.9. The summed E-state index contributed by atoms with van der Waals surface area (Å²) in [6.07, 6.45) is 1.86. The highest BCUT2D eigenvalue weighted by molar-refractivity contribution is 9.10. The minimum Gasteiger partial charge on any atom is -0.370 e. The van der Waals surface area contributed by atoms with Gasteiger partial charge in [-0.3, -0.25) is 9.19 Å². The van der Waals surface area contributed by atoms with Gasteiger partial charge >= 0.3 is 0 Å². The molecule has 1 fully saturated rings. The van der Waals surface area contributed by atoms with Gasteiger partial charge in [0.25, 0.3) is 0 Å². The molecule has 0 saturated carbocycles. The van der Waals surface area contributed by atoms with Crippen LogP contribution in [-0.2, 0) is 10.8 Å². The summed E-state index contributed by atoms with van der Waals surface area (Å²) in [6, 6.07) is 8.22. The van der Waals surface area contributed by atoms with Gasteiger partial charge in [-0.2, -0.15) is 0 Å². The minimum atomic E-state index is -0.687.